The molecule has 0 bridgehead atoms. The van der Waals surface area contributed by atoms with Gasteiger partial charge >= 0.3 is 6.03 Å². The van der Waals surface area contributed by atoms with Crippen LogP contribution in [0.15, 0.2) is 0 Å². The summed E-state index contributed by atoms with van der Waals surface area (Å²) in [6, 6.07) is -0.0368. The average Bonchev–Trinajstić information content (AvgIpc) is 2.39. The van der Waals surface area contributed by atoms with Gasteiger partial charge in [0.1, 0.15) is 6.54 Å². The van der Waals surface area contributed by atoms with E-state index >= 15 is 0 Å². The summed E-state index contributed by atoms with van der Waals surface area (Å²) in [6.07, 6.45) is 0. The summed E-state index contributed by atoms with van der Waals surface area (Å²) in [5.74, 6) is 0.282. The van der Waals surface area contributed by atoms with Gasteiger partial charge in [0.15, 0.2) is 0 Å². The summed E-state index contributed by atoms with van der Waals surface area (Å²) in [5, 5.41) is 3.12. The Morgan fingerprint density at radius 1 is 1.40 bits per heavy atom. The second kappa shape index (κ2) is 4.61. The van der Waals surface area contributed by atoms with Gasteiger partial charge < -0.3 is 10.2 Å². The fourth-order valence-corrected chi connectivity index (χ4v) is 1.68. The fraction of sp³-hybridized carbons (Fsp3) is 0.800. The smallest absolute Gasteiger partial charge is 0.318 e. The number of rotatable bonds is 4. The highest BCUT2D eigenvalue weighted by Crippen LogP contribution is 2.11. The van der Waals surface area contributed by atoms with Crippen LogP contribution in [0.4, 0.5) is 4.79 Å². The van der Waals surface area contributed by atoms with E-state index in [9.17, 15) is 9.59 Å². The lowest BCUT2D eigenvalue weighted by Crippen LogP contribution is -2.45. The summed E-state index contributed by atoms with van der Waals surface area (Å²) >= 11 is 0. The number of nitrogens with zero attached hydrogens (tertiary/aromatic N) is 2. The summed E-state index contributed by atoms with van der Waals surface area (Å²) in [7, 11) is 3.49. The molecule has 15 heavy (non-hydrogen) atoms. The molecule has 0 aromatic heterocycles. The number of imide groups is 1. The molecule has 3 amide bonds. The monoisotopic (exact) mass is 213 g/mol. The number of hydrogen-bond donors (Lipinski definition) is 1. The third kappa shape index (κ3) is 2.47. The number of likely N-dealkylation sites (N-methyl/N-ethyl adjacent to an activating group) is 2. The van der Waals surface area contributed by atoms with Crippen LogP contribution in [0.5, 0.6) is 0 Å². The van der Waals surface area contributed by atoms with Gasteiger partial charge in [0.05, 0.1) is 0 Å². The first-order chi connectivity index (χ1) is 6.97. The summed E-state index contributed by atoms with van der Waals surface area (Å²) in [6.45, 7) is 4.79. The molecule has 1 fully saturated rings. The minimum atomic E-state index is -0.194. The normalized spacial score (nSPS) is 19.3. The van der Waals surface area contributed by atoms with Crippen LogP contribution < -0.4 is 5.32 Å². The van der Waals surface area contributed by atoms with Crippen LogP contribution in [-0.4, -0.2) is 55.0 Å². The molecular formula is C10H19N3O2. The van der Waals surface area contributed by atoms with E-state index in [0.717, 1.165) is 0 Å². The molecule has 0 spiro atoms. The average molecular weight is 213 g/mol. The topological polar surface area (TPSA) is 52.7 Å². The van der Waals surface area contributed by atoms with Crippen LogP contribution in [0.2, 0.25) is 0 Å². The molecule has 0 aromatic carbocycles. The van der Waals surface area contributed by atoms with Gasteiger partial charge in [0, 0.05) is 19.6 Å². The Labute approximate surface area is 90.4 Å². The molecule has 1 saturated heterocycles. The lowest BCUT2D eigenvalue weighted by atomic mass is 10.0. The first-order valence-electron chi connectivity index (χ1n) is 5.20. The lowest BCUT2D eigenvalue weighted by Gasteiger charge is -2.24. The Kier molecular flexibility index (Phi) is 3.68. The van der Waals surface area contributed by atoms with E-state index in [1.165, 1.54) is 9.80 Å². The number of hydrogen-bond acceptors (Lipinski definition) is 3. The van der Waals surface area contributed by atoms with Gasteiger partial charge in [-0.25, -0.2) is 4.79 Å². The maximum absolute atomic E-state index is 11.6. The standard InChI is InChI=1S/C10H19N3O2/c1-7(2)8(11-3)5-13-9(14)6-12(4)10(13)15/h7-8,11H,5-6H2,1-4H3. The zero-order valence-corrected chi connectivity index (χ0v) is 9.78. The maximum atomic E-state index is 11.6. The van der Waals surface area contributed by atoms with Crippen LogP contribution in [-0.2, 0) is 4.79 Å². The van der Waals surface area contributed by atoms with E-state index in [1.54, 1.807) is 7.05 Å². The third-order valence-corrected chi connectivity index (χ3v) is 2.79. The van der Waals surface area contributed by atoms with Crippen molar-refractivity contribution < 1.29 is 9.59 Å². The highest BCUT2D eigenvalue weighted by atomic mass is 16.2. The summed E-state index contributed by atoms with van der Waals surface area (Å²) in [4.78, 5) is 25.9. The number of carbonyl (C=O) groups excluding carboxylic acids is 2. The fourth-order valence-electron chi connectivity index (χ4n) is 1.68. The first-order valence-corrected chi connectivity index (χ1v) is 5.20. The van der Waals surface area contributed by atoms with E-state index < -0.39 is 0 Å². The van der Waals surface area contributed by atoms with Gasteiger partial charge in [0.25, 0.3) is 0 Å². The van der Waals surface area contributed by atoms with E-state index in [-0.39, 0.29) is 24.5 Å². The number of nitrogens with one attached hydrogen (secondary N) is 1. The Morgan fingerprint density at radius 3 is 2.33 bits per heavy atom. The molecule has 0 aromatic rings. The predicted molar refractivity (Wildman–Crippen MR) is 57.4 cm³/mol. The molecule has 5 nitrogen and oxygen atoms in total. The quantitative estimate of drug-likeness (QED) is 0.675. The van der Waals surface area contributed by atoms with E-state index in [4.69, 9.17) is 0 Å². The second-order valence-electron chi connectivity index (χ2n) is 4.28. The van der Waals surface area contributed by atoms with Crippen LogP contribution in [0, 0.1) is 5.92 Å². The van der Waals surface area contributed by atoms with Crippen molar-refractivity contribution >= 4 is 11.9 Å². The van der Waals surface area contributed by atoms with Crippen molar-refractivity contribution in [3.8, 4) is 0 Å². The zero-order valence-electron chi connectivity index (χ0n) is 9.78. The van der Waals surface area contributed by atoms with E-state index in [0.29, 0.717) is 12.5 Å². The molecule has 1 aliphatic rings. The van der Waals surface area contributed by atoms with Crippen LogP contribution >= 0.6 is 0 Å². The maximum Gasteiger partial charge on any atom is 0.327 e. The molecule has 1 rings (SSSR count). The minimum Gasteiger partial charge on any atom is -0.318 e. The van der Waals surface area contributed by atoms with Crippen LogP contribution in [0.3, 0.4) is 0 Å². The Hall–Kier alpha value is -1.10. The predicted octanol–water partition coefficient (Wildman–Crippen LogP) is 0.124. The van der Waals surface area contributed by atoms with E-state index in [2.05, 4.69) is 19.2 Å². The molecule has 0 saturated carbocycles. The molecule has 1 N–H and O–H groups in total. The minimum absolute atomic E-state index is 0.108. The Morgan fingerprint density at radius 2 is 2.00 bits per heavy atom. The van der Waals surface area contributed by atoms with Gasteiger partial charge in [-0.1, -0.05) is 13.8 Å². The van der Waals surface area contributed by atoms with Crippen molar-refractivity contribution in [2.75, 3.05) is 27.2 Å². The van der Waals surface area contributed by atoms with Crippen molar-refractivity contribution in [3.63, 3.8) is 0 Å². The first kappa shape index (κ1) is 12.0. The van der Waals surface area contributed by atoms with Crippen LogP contribution in [0.25, 0.3) is 0 Å². The summed E-state index contributed by atoms with van der Waals surface area (Å²) in [5.41, 5.74) is 0. The van der Waals surface area contributed by atoms with Gasteiger partial charge in [-0.05, 0) is 13.0 Å². The van der Waals surface area contributed by atoms with Crippen molar-refractivity contribution in [3.05, 3.63) is 0 Å². The SMILES string of the molecule is CNC(CN1C(=O)CN(C)C1=O)C(C)C. The van der Waals surface area contributed by atoms with Crippen molar-refractivity contribution in [1.82, 2.24) is 15.1 Å². The molecule has 1 aliphatic heterocycles. The molecule has 86 valence electrons. The Bertz CT molecular complexity index is 265. The highest BCUT2D eigenvalue weighted by molar-refractivity contribution is 6.01. The molecule has 1 atom stereocenters. The zero-order chi connectivity index (χ0) is 11.6. The molecule has 5 heteroatoms. The van der Waals surface area contributed by atoms with Crippen molar-refractivity contribution in [2.24, 2.45) is 5.92 Å². The Balaban J connectivity index is 2.64. The van der Waals surface area contributed by atoms with Crippen molar-refractivity contribution in [1.29, 1.82) is 0 Å². The van der Waals surface area contributed by atoms with E-state index in [1.807, 2.05) is 7.05 Å². The number of amides is 3. The lowest BCUT2D eigenvalue weighted by molar-refractivity contribution is -0.125. The van der Waals surface area contributed by atoms with Gasteiger partial charge in [-0.15, -0.1) is 0 Å². The number of carbonyl (C=O) groups is 2. The van der Waals surface area contributed by atoms with Crippen molar-refractivity contribution in [2.45, 2.75) is 19.9 Å². The molecule has 0 radical (unpaired) electrons. The highest BCUT2D eigenvalue weighted by Gasteiger charge is 2.35. The second-order valence-corrected chi connectivity index (χ2v) is 4.28. The molecule has 1 unspecified atom stereocenters. The van der Waals surface area contributed by atoms with Gasteiger partial charge in [0.2, 0.25) is 5.91 Å². The summed E-state index contributed by atoms with van der Waals surface area (Å²) < 4.78 is 0. The van der Waals surface area contributed by atoms with Crippen LogP contribution in [0.1, 0.15) is 13.8 Å². The largest absolute Gasteiger partial charge is 0.327 e. The molecule has 0 aliphatic carbocycles. The third-order valence-electron chi connectivity index (χ3n) is 2.79. The number of urea groups is 1. The van der Waals surface area contributed by atoms with Gasteiger partial charge in [-0.3, -0.25) is 9.69 Å². The molecule has 1 heterocycles. The van der Waals surface area contributed by atoms with Gasteiger partial charge in [-0.2, -0.15) is 0 Å². The molecular weight excluding hydrogens is 194 g/mol.